The van der Waals surface area contributed by atoms with Crippen molar-refractivity contribution in [2.75, 3.05) is 25.6 Å². The zero-order valence-corrected chi connectivity index (χ0v) is 18.9. The molecule has 0 radical (unpaired) electrons. The summed E-state index contributed by atoms with van der Waals surface area (Å²) in [6, 6.07) is 10.6. The van der Waals surface area contributed by atoms with Crippen molar-refractivity contribution >= 4 is 11.7 Å². The normalized spacial score (nSPS) is 14.8. The van der Waals surface area contributed by atoms with Crippen LogP contribution in [0.25, 0.3) is 16.8 Å². The van der Waals surface area contributed by atoms with Gasteiger partial charge in [0.05, 0.1) is 11.1 Å². The first-order valence-electron chi connectivity index (χ1n) is 11.0. The molecule has 0 spiro atoms. The number of halogens is 4. The predicted octanol–water partition coefficient (Wildman–Crippen LogP) is 5.75. The van der Waals surface area contributed by atoms with E-state index in [0.29, 0.717) is 30.2 Å². The van der Waals surface area contributed by atoms with Crippen molar-refractivity contribution in [3.05, 3.63) is 71.2 Å². The van der Waals surface area contributed by atoms with Crippen molar-refractivity contribution in [3.63, 3.8) is 0 Å². The molecule has 0 aliphatic carbocycles. The average molecular weight is 475 g/mol. The first-order chi connectivity index (χ1) is 16.2. The van der Waals surface area contributed by atoms with Crippen LogP contribution < -0.4 is 10.6 Å². The maximum absolute atomic E-state index is 14.0. The molecule has 3 aromatic rings. The fourth-order valence-electron chi connectivity index (χ4n) is 4.23. The summed E-state index contributed by atoms with van der Waals surface area (Å²) in [4.78, 5) is 0. The van der Waals surface area contributed by atoms with Crippen LogP contribution in [0.2, 0.25) is 0 Å². The number of nitrogens with one attached hydrogen (secondary N) is 3. The molecular formula is C25H26F4N4O. The van der Waals surface area contributed by atoms with Gasteiger partial charge in [0.25, 0.3) is 0 Å². The standard InChI is InChI=1S/C25H26F4N4O/c1-15-4-3-5-18(12-15)33-14-19(16-6-7-21(26)20(13-16)25(27,28)29)22(24(33)31-2)23(30)32-17-8-10-34-11-9-17/h3-7,12-14,17,31H,8-11H2,1-2H3,(H2,30,32). The van der Waals surface area contributed by atoms with E-state index >= 15 is 0 Å². The molecule has 0 bridgehead atoms. The van der Waals surface area contributed by atoms with Gasteiger partial charge >= 0.3 is 6.18 Å². The van der Waals surface area contributed by atoms with E-state index in [1.54, 1.807) is 17.8 Å². The first-order valence-corrected chi connectivity index (χ1v) is 11.0. The minimum absolute atomic E-state index is 0.0140. The smallest absolute Gasteiger partial charge is 0.381 e. The van der Waals surface area contributed by atoms with E-state index in [9.17, 15) is 17.6 Å². The molecular weight excluding hydrogens is 448 g/mol. The van der Waals surface area contributed by atoms with Gasteiger partial charge in [-0.3, -0.25) is 5.41 Å². The van der Waals surface area contributed by atoms with Gasteiger partial charge in [-0.15, -0.1) is 0 Å². The molecule has 2 heterocycles. The second kappa shape index (κ2) is 9.50. The summed E-state index contributed by atoms with van der Waals surface area (Å²) in [5, 5.41) is 15.1. The van der Waals surface area contributed by atoms with E-state index in [1.165, 1.54) is 6.07 Å². The van der Waals surface area contributed by atoms with E-state index < -0.39 is 17.6 Å². The number of anilines is 1. The molecule has 180 valence electrons. The molecule has 5 nitrogen and oxygen atoms in total. The monoisotopic (exact) mass is 474 g/mol. The van der Waals surface area contributed by atoms with Crippen LogP contribution in [0.1, 0.15) is 29.5 Å². The number of nitrogens with zero attached hydrogens (tertiary/aromatic N) is 1. The topological polar surface area (TPSA) is 62.1 Å². The van der Waals surface area contributed by atoms with Crippen LogP contribution in [0.4, 0.5) is 23.4 Å². The van der Waals surface area contributed by atoms with Crippen LogP contribution in [-0.4, -0.2) is 36.7 Å². The number of rotatable bonds is 5. The Balaban J connectivity index is 1.88. The number of hydrogen-bond acceptors (Lipinski definition) is 3. The van der Waals surface area contributed by atoms with Gasteiger partial charge in [-0.05, 0) is 55.2 Å². The molecule has 1 fully saturated rings. The van der Waals surface area contributed by atoms with Crippen molar-refractivity contribution in [3.8, 4) is 16.8 Å². The lowest BCUT2D eigenvalue weighted by Gasteiger charge is -2.25. The highest BCUT2D eigenvalue weighted by molar-refractivity contribution is 6.07. The van der Waals surface area contributed by atoms with E-state index in [4.69, 9.17) is 10.1 Å². The maximum atomic E-state index is 14.0. The van der Waals surface area contributed by atoms with E-state index in [0.717, 1.165) is 36.2 Å². The Hall–Kier alpha value is -3.33. The summed E-state index contributed by atoms with van der Waals surface area (Å²) >= 11 is 0. The van der Waals surface area contributed by atoms with Gasteiger partial charge in [0.1, 0.15) is 17.5 Å². The fraction of sp³-hybridized carbons (Fsp3) is 0.320. The number of aromatic nitrogens is 1. The second-order valence-corrected chi connectivity index (χ2v) is 8.32. The Morgan fingerprint density at radius 3 is 2.50 bits per heavy atom. The summed E-state index contributed by atoms with van der Waals surface area (Å²) in [5.74, 6) is -0.709. The molecule has 0 saturated carbocycles. The van der Waals surface area contributed by atoms with Gasteiger partial charge in [-0.1, -0.05) is 18.2 Å². The highest BCUT2D eigenvalue weighted by atomic mass is 19.4. The van der Waals surface area contributed by atoms with Gasteiger partial charge in [0.2, 0.25) is 0 Å². The third kappa shape index (κ3) is 4.79. The van der Waals surface area contributed by atoms with Crippen molar-refractivity contribution in [1.82, 2.24) is 9.88 Å². The van der Waals surface area contributed by atoms with Crippen molar-refractivity contribution in [2.45, 2.75) is 32.0 Å². The molecule has 1 aromatic heterocycles. The highest BCUT2D eigenvalue weighted by Gasteiger charge is 2.35. The van der Waals surface area contributed by atoms with Crippen LogP contribution in [0, 0.1) is 18.2 Å². The molecule has 3 N–H and O–H groups in total. The molecule has 0 amide bonds. The summed E-state index contributed by atoms with van der Waals surface area (Å²) < 4.78 is 61.5. The molecule has 1 aliphatic heterocycles. The average Bonchev–Trinajstić information content (AvgIpc) is 3.19. The Morgan fingerprint density at radius 2 is 1.85 bits per heavy atom. The molecule has 4 rings (SSSR count). The van der Waals surface area contributed by atoms with Gasteiger partial charge < -0.3 is 19.9 Å². The second-order valence-electron chi connectivity index (χ2n) is 8.32. The molecule has 9 heteroatoms. The third-order valence-electron chi connectivity index (χ3n) is 5.92. The van der Waals surface area contributed by atoms with Crippen molar-refractivity contribution < 1.29 is 22.3 Å². The van der Waals surface area contributed by atoms with Crippen LogP contribution in [-0.2, 0) is 10.9 Å². The fourth-order valence-corrected chi connectivity index (χ4v) is 4.23. The van der Waals surface area contributed by atoms with Crippen molar-refractivity contribution in [2.24, 2.45) is 0 Å². The quantitative estimate of drug-likeness (QED) is 0.251. The Kier molecular flexibility index (Phi) is 6.65. The number of aryl methyl sites for hydroxylation is 1. The minimum atomic E-state index is -4.83. The van der Waals surface area contributed by atoms with Gasteiger partial charge in [-0.2, -0.15) is 13.2 Å². The zero-order valence-electron chi connectivity index (χ0n) is 18.9. The van der Waals surface area contributed by atoms with E-state index in [1.807, 2.05) is 31.2 Å². The molecule has 1 aliphatic rings. The lowest BCUT2D eigenvalue weighted by Crippen LogP contribution is -2.39. The van der Waals surface area contributed by atoms with Gasteiger partial charge in [0, 0.05) is 43.8 Å². The summed E-state index contributed by atoms with van der Waals surface area (Å²) in [7, 11) is 1.70. The Bertz CT molecular complexity index is 1200. The van der Waals surface area contributed by atoms with Crippen LogP contribution in [0.15, 0.2) is 48.7 Å². The van der Waals surface area contributed by atoms with Crippen LogP contribution in [0.5, 0.6) is 0 Å². The lowest BCUT2D eigenvalue weighted by molar-refractivity contribution is -0.139. The molecule has 2 aromatic carbocycles. The Labute approximate surface area is 195 Å². The van der Waals surface area contributed by atoms with Crippen molar-refractivity contribution in [1.29, 1.82) is 5.41 Å². The first kappa shape index (κ1) is 23.8. The zero-order chi connectivity index (χ0) is 24.5. The molecule has 0 unspecified atom stereocenters. The molecule has 1 saturated heterocycles. The van der Waals surface area contributed by atoms with Gasteiger partial charge in [0.15, 0.2) is 0 Å². The third-order valence-corrected chi connectivity index (χ3v) is 5.92. The number of ether oxygens (including phenoxy) is 1. The number of alkyl halides is 3. The summed E-state index contributed by atoms with van der Waals surface area (Å²) in [5.41, 5.74) is 1.43. The Morgan fingerprint density at radius 1 is 1.12 bits per heavy atom. The molecule has 0 atom stereocenters. The van der Waals surface area contributed by atoms with Crippen LogP contribution >= 0.6 is 0 Å². The van der Waals surface area contributed by atoms with Gasteiger partial charge in [-0.25, -0.2) is 4.39 Å². The number of hydrogen-bond donors (Lipinski definition) is 3. The van der Waals surface area contributed by atoms with E-state index in [2.05, 4.69) is 10.6 Å². The van der Waals surface area contributed by atoms with E-state index in [-0.39, 0.29) is 17.4 Å². The minimum Gasteiger partial charge on any atom is -0.381 e. The summed E-state index contributed by atoms with van der Waals surface area (Å²) in [6.45, 7) is 3.10. The van der Waals surface area contributed by atoms with Crippen LogP contribution in [0.3, 0.4) is 0 Å². The predicted molar refractivity (Wildman–Crippen MR) is 124 cm³/mol. The largest absolute Gasteiger partial charge is 0.419 e. The SMILES string of the molecule is CNc1c(C(=N)NC2CCOCC2)c(-c2ccc(F)c(C(F)(F)F)c2)cn1-c1cccc(C)c1. The highest BCUT2D eigenvalue weighted by Crippen LogP contribution is 2.38. The molecule has 34 heavy (non-hydrogen) atoms. The number of benzene rings is 2. The maximum Gasteiger partial charge on any atom is 0.419 e. The summed E-state index contributed by atoms with van der Waals surface area (Å²) in [6.07, 6.45) is -1.71. The lowest BCUT2D eigenvalue weighted by atomic mass is 9.99. The number of amidine groups is 1.